The standard InChI is InChI=1S/C9H14O/c1-4-7-8(5-2)9(10)6-3/h4-6,10H,1,7H2,2-3H3/b8-5-,9-6+. The van der Waals surface area contributed by atoms with Crippen molar-refractivity contribution in [3.05, 3.63) is 36.1 Å². The first kappa shape index (κ1) is 9.02. The zero-order chi connectivity index (χ0) is 7.98. The van der Waals surface area contributed by atoms with Gasteiger partial charge in [0.15, 0.2) is 0 Å². The Hall–Kier alpha value is -0.980. The van der Waals surface area contributed by atoms with E-state index in [0.29, 0.717) is 5.76 Å². The molecule has 0 rings (SSSR count). The zero-order valence-electron chi connectivity index (χ0n) is 6.59. The van der Waals surface area contributed by atoms with Crippen molar-refractivity contribution in [2.24, 2.45) is 0 Å². The maximum absolute atomic E-state index is 9.19. The molecule has 0 atom stereocenters. The van der Waals surface area contributed by atoms with Crippen molar-refractivity contribution in [3.63, 3.8) is 0 Å². The summed E-state index contributed by atoms with van der Waals surface area (Å²) in [7, 11) is 0. The third kappa shape index (κ3) is 2.53. The summed E-state index contributed by atoms with van der Waals surface area (Å²) in [5.74, 6) is 0.349. The summed E-state index contributed by atoms with van der Waals surface area (Å²) < 4.78 is 0. The molecule has 0 radical (unpaired) electrons. The minimum atomic E-state index is 0.349. The topological polar surface area (TPSA) is 20.2 Å². The van der Waals surface area contributed by atoms with E-state index >= 15 is 0 Å². The fourth-order valence-electron chi connectivity index (χ4n) is 0.711. The van der Waals surface area contributed by atoms with Crippen molar-refractivity contribution in [2.45, 2.75) is 20.3 Å². The molecule has 0 heterocycles. The highest BCUT2D eigenvalue weighted by Gasteiger charge is 1.95. The van der Waals surface area contributed by atoms with Gasteiger partial charge in [-0.2, -0.15) is 0 Å². The summed E-state index contributed by atoms with van der Waals surface area (Å²) >= 11 is 0. The van der Waals surface area contributed by atoms with E-state index in [0.717, 1.165) is 12.0 Å². The van der Waals surface area contributed by atoms with E-state index in [1.165, 1.54) is 0 Å². The SMILES string of the molecule is C=CCC(=C/C)/C(O)=C\C. The van der Waals surface area contributed by atoms with Gasteiger partial charge in [0.05, 0.1) is 0 Å². The molecule has 0 aromatic carbocycles. The van der Waals surface area contributed by atoms with Crippen LogP contribution in [0.3, 0.4) is 0 Å². The van der Waals surface area contributed by atoms with Gasteiger partial charge in [-0.3, -0.25) is 0 Å². The van der Waals surface area contributed by atoms with Crippen LogP contribution < -0.4 is 0 Å². The number of hydrogen-bond donors (Lipinski definition) is 1. The number of aliphatic hydroxyl groups is 1. The molecule has 1 heteroatoms. The van der Waals surface area contributed by atoms with Crippen LogP contribution in [-0.4, -0.2) is 5.11 Å². The second-order valence-corrected chi connectivity index (χ2v) is 1.98. The molecule has 0 aliphatic heterocycles. The summed E-state index contributed by atoms with van der Waals surface area (Å²) in [5.41, 5.74) is 0.928. The fourth-order valence-corrected chi connectivity index (χ4v) is 0.711. The molecule has 0 saturated heterocycles. The van der Waals surface area contributed by atoms with Gasteiger partial charge in [-0.1, -0.05) is 12.2 Å². The smallest absolute Gasteiger partial charge is 0.114 e. The Labute approximate surface area is 62.4 Å². The van der Waals surface area contributed by atoms with Crippen molar-refractivity contribution in [1.82, 2.24) is 0 Å². The van der Waals surface area contributed by atoms with Gasteiger partial charge in [0, 0.05) is 0 Å². The molecule has 0 saturated carbocycles. The van der Waals surface area contributed by atoms with Crippen LogP contribution in [0.4, 0.5) is 0 Å². The molecule has 1 nitrogen and oxygen atoms in total. The Morgan fingerprint density at radius 1 is 1.40 bits per heavy atom. The first-order valence-electron chi connectivity index (χ1n) is 3.38. The average molecular weight is 138 g/mol. The molecule has 1 N–H and O–H groups in total. The summed E-state index contributed by atoms with van der Waals surface area (Å²) in [5, 5.41) is 9.19. The van der Waals surface area contributed by atoms with Crippen LogP contribution in [0.1, 0.15) is 20.3 Å². The maximum Gasteiger partial charge on any atom is 0.114 e. The highest BCUT2D eigenvalue weighted by Crippen LogP contribution is 2.10. The molecule has 0 amide bonds. The summed E-state index contributed by atoms with van der Waals surface area (Å²) in [4.78, 5) is 0. The number of hydrogen-bond acceptors (Lipinski definition) is 1. The van der Waals surface area contributed by atoms with Crippen molar-refractivity contribution >= 4 is 0 Å². The number of allylic oxidation sites excluding steroid dienone is 4. The lowest BCUT2D eigenvalue weighted by Gasteiger charge is -2.00. The number of aliphatic hydroxyl groups excluding tert-OH is 1. The molecule has 56 valence electrons. The van der Waals surface area contributed by atoms with Gasteiger partial charge in [-0.15, -0.1) is 6.58 Å². The van der Waals surface area contributed by atoms with E-state index in [-0.39, 0.29) is 0 Å². The first-order chi connectivity index (χ1) is 4.76. The van der Waals surface area contributed by atoms with Crippen LogP contribution in [0, 0.1) is 0 Å². The molecular weight excluding hydrogens is 124 g/mol. The van der Waals surface area contributed by atoms with Crippen molar-refractivity contribution < 1.29 is 5.11 Å². The second-order valence-electron chi connectivity index (χ2n) is 1.98. The minimum Gasteiger partial charge on any atom is -0.508 e. The number of rotatable bonds is 3. The van der Waals surface area contributed by atoms with E-state index in [4.69, 9.17) is 0 Å². The lowest BCUT2D eigenvalue weighted by Crippen LogP contribution is -1.85. The van der Waals surface area contributed by atoms with Crippen molar-refractivity contribution in [1.29, 1.82) is 0 Å². The fraction of sp³-hybridized carbons (Fsp3) is 0.333. The lowest BCUT2D eigenvalue weighted by atomic mass is 10.1. The Morgan fingerprint density at radius 3 is 2.30 bits per heavy atom. The highest BCUT2D eigenvalue weighted by atomic mass is 16.3. The van der Waals surface area contributed by atoms with Crippen LogP contribution in [0.15, 0.2) is 36.1 Å². The average Bonchev–Trinajstić information content (AvgIpc) is 1.99. The Balaban J connectivity index is 4.22. The molecule has 0 aliphatic carbocycles. The van der Waals surface area contributed by atoms with Gasteiger partial charge in [-0.05, 0) is 31.9 Å². The highest BCUT2D eigenvalue weighted by molar-refractivity contribution is 5.25. The third-order valence-electron chi connectivity index (χ3n) is 1.32. The quantitative estimate of drug-likeness (QED) is 0.361. The van der Waals surface area contributed by atoms with Crippen molar-refractivity contribution in [2.75, 3.05) is 0 Å². The lowest BCUT2D eigenvalue weighted by molar-refractivity contribution is 0.420. The van der Waals surface area contributed by atoms with Crippen LogP contribution in [0.5, 0.6) is 0 Å². The van der Waals surface area contributed by atoms with Gasteiger partial charge < -0.3 is 5.11 Å². The Bertz CT molecular complexity index is 164. The normalized spacial score (nSPS) is 13.4. The maximum atomic E-state index is 9.19. The Kier molecular flexibility index (Phi) is 4.38. The van der Waals surface area contributed by atoms with Gasteiger partial charge in [0.1, 0.15) is 5.76 Å². The van der Waals surface area contributed by atoms with Gasteiger partial charge >= 0.3 is 0 Å². The molecular formula is C9H14O. The molecule has 0 unspecified atom stereocenters. The molecule has 0 fully saturated rings. The van der Waals surface area contributed by atoms with Gasteiger partial charge in [0.2, 0.25) is 0 Å². The summed E-state index contributed by atoms with van der Waals surface area (Å²) in [6.45, 7) is 7.29. The monoisotopic (exact) mass is 138 g/mol. The third-order valence-corrected chi connectivity index (χ3v) is 1.32. The van der Waals surface area contributed by atoms with E-state index in [2.05, 4.69) is 6.58 Å². The van der Waals surface area contributed by atoms with E-state index in [9.17, 15) is 5.11 Å². The van der Waals surface area contributed by atoms with Gasteiger partial charge in [-0.25, -0.2) is 0 Å². The van der Waals surface area contributed by atoms with Gasteiger partial charge in [0.25, 0.3) is 0 Å². The van der Waals surface area contributed by atoms with Crippen LogP contribution in [0.2, 0.25) is 0 Å². The van der Waals surface area contributed by atoms with E-state index in [1.807, 2.05) is 19.9 Å². The van der Waals surface area contributed by atoms with E-state index in [1.54, 1.807) is 12.2 Å². The predicted octanol–water partition coefficient (Wildman–Crippen LogP) is 2.97. The Morgan fingerprint density at radius 2 is 2.00 bits per heavy atom. The minimum absolute atomic E-state index is 0.349. The van der Waals surface area contributed by atoms with E-state index < -0.39 is 0 Å². The largest absolute Gasteiger partial charge is 0.508 e. The van der Waals surface area contributed by atoms with Crippen molar-refractivity contribution in [3.8, 4) is 0 Å². The predicted molar refractivity (Wildman–Crippen MR) is 45.0 cm³/mol. The van der Waals surface area contributed by atoms with Crippen LogP contribution in [0.25, 0.3) is 0 Å². The molecule has 10 heavy (non-hydrogen) atoms. The first-order valence-corrected chi connectivity index (χ1v) is 3.38. The molecule has 0 spiro atoms. The molecule has 0 bridgehead atoms. The molecule has 0 aromatic heterocycles. The zero-order valence-corrected chi connectivity index (χ0v) is 6.59. The summed E-state index contributed by atoms with van der Waals surface area (Å²) in [6, 6.07) is 0. The van der Waals surface area contributed by atoms with Crippen LogP contribution >= 0.6 is 0 Å². The molecule has 0 aromatic rings. The van der Waals surface area contributed by atoms with Crippen LogP contribution in [-0.2, 0) is 0 Å². The molecule has 0 aliphatic rings. The second kappa shape index (κ2) is 4.86. The summed E-state index contributed by atoms with van der Waals surface area (Å²) in [6.07, 6.45) is 6.07.